The largest absolute Gasteiger partial charge is 0.481 e. The van der Waals surface area contributed by atoms with Gasteiger partial charge in [0.1, 0.15) is 11.6 Å². The number of carbonyl (C=O) groups is 2. The monoisotopic (exact) mass is 474 g/mol. The molecule has 0 aromatic heterocycles. The van der Waals surface area contributed by atoms with Gasteiger partial charge in [0.2, 0.25) is 5.91 Å². The van der Waals surface area contributed by atoms with Gasteiger partial charge in [0, 0.05) is 20.0 Å². The molecular weight excluding hydrogens is 443 g/mol. The lowest BCUT2D eigenvalue weighted by Gasteiger charge is -2.37. The van der Waals surface area contributed by atoms with Crippen LogP contribution in [0.4, 0.5) is 4.39 Å². The van der Waals surface area contributed by atoms with Crippen LogP contribution in [0.15, 0.2) is 66.7 Å². The Balaban J connectivity index is 1.55. The van der Waals surface area contributed by atoms with Gasteiger partial charge in [0.25, 0.3) is 5.91 Å². The first-order valence-electron chi connectivity index (χ1n) is 12.0. The van der Waals surface area contributed by atoms with Crippen LogP contribution in [0, 0.1) is 12.7 Å². The minimum absolute atomic E-state index is 0.0279. The molecule has 0 unspecified atom stereocenters. The highest BCUT2D eigenvalue weighted by Crippen LogP contribution is 2.37. The minimum atomic E-state index is -0.668. The summed E-state index contributed by atoms with van der Waals surface area (Å²) in [6, 6.07) is 19.9. The smallest absolute Gasteiger partial charge is 0.261 e. The molecule has 6 heteroatoms. The van der Waals surface area contributed by atoms with Crippen molar-refractivity contribution in [3.63, 3.8) is 0 Å². The van der Waals surface area contributed by atoms with Crippen LogP contribution in [0.2, 0.25) is 0 Å². The molecule has 0 spiro atoms. The SMILES string of the molecule is CC[C@H](Oc1ccc2c(c1)[C@H](c1cccc(C)c1)N(C(C)=O)CC2)C(=O)NCc1ccc(F)cc1. The van der Waals surface area contributed by atoms with E-state index < -0.39 is 6.10 Å². The van der Waals surface area contributed by atoms with Crippen LogP contribution in [0.25, 0.3) is 0 Å². The molecule has 3 aromatic carbocycles. The Morgan fingerprint density at radius 1 is 1.11 bits per heavy atom. The molecule has 3 aromatic rings. The van der Waals surface area contributed by atoms with Gasteiger partial charge in [-0.2, -0.15) is 0 Å². The molecule has 0 saturated heterocycles. The molecule has 1 heterocycles. The predicted octanol–water partition coefficient (Wildman–Crippen LogP) is 5.10. The maximum Gasteiger partial charge on any atom is 0.261 e. The Kier molecular flexibility index (Phi) is 7.49. The summed E-state index contributed by atoms with van der Waals surface area (Å²) in [6.45, 7) is 6.50. The summed E-state index contributed by atoms with van der Waals surface area (Å²) in [5, 5.41) is 2.88. The highest BCUT2D eigenvalue weighted by molar-refractivity contribution is 5.81. The van der Waals surface area contributed by atoms with Gasteiger partial charge in [-0.05, 0) is 66.3 Å². The normalized spacial score (nSPS) is 15.8. The van der Waals surface area contributed by atoms with E-state index in [1.165, 1.54) is 17.7 Å². The molecule has 0 bridgehead atoms. The fourth-order valence-corrected chi connectivity index (χ4v) is 4.60. The molecular formula is C29H31FN2O3. The zero-order chi connectivity index (χ0) is 24.9. The van der Waals surface area contributed by atoms with Crippen LogP contribution in [-0.2, 0) is 22.6 Å². The summed E-state index contributed by atoms with van der Waals surface area (Å²) in [5.74, 6) is 0.0837. The van der Waals surface area contributed by atoms with Gasteiger partial charge in [0.15, 0.2) is 6.10 Å². The lowest BCUT2D eigenvalue weighted by molar-refractivity contribution is -0.131. The number of rotatable bonds is 7. The van der Waals surface area contributed by atoms with Crippen LogP contribution in [0.5, 0.6) is 5.75 Å². The van der Waals surface area contributed by atoms with E-state index in [2.05, 4.69) is 11.4 Å². The van der Waals surface area contributed by atoms with Crippen molar-refractivity contribution in [2.24, 2.45) is 0 Å². The summed E-state index contributed by atoms with van der Waals surface area (Å²) in [4.78, 5) is 27.2. The molecule has 0 radical (unpaired) electrons. The number of aryl methyl sites for hydroxylation is 1. The first kappa shape index (κ1) is 24.5. The van der Waals surface area contributed by atoms with E-state index in [4.69, 9.17) is 4.74 Å². The summed E-state index contributed by atoms with van der Waals surface area (Å²) in [7, 11) is 0. The van der Waals surface area contributed by atoms with E-state index in [1.54, 1.807) is 19.1 Å². The maximum absolute atomic E-state index is 13.1. The van der Waals surface area contributed by atoms with Crippen LogP contribution in [0.3, 0.4) is 0 Å². The molecule has 0 fully saturated rings. The first-order chi connectivity index (χ1) is 16.9. The minimum Gasteiger partial charge on any atom is -0.481 e. The predicted molar refractivity (Wildman–Crippen MR) is 134 cm³/mol. The number of ether oxygens (including phenoxy) is 1. The lowest BCUT2D eigenvalue weighted by Crippen LogP contribution is -2.39. The standard InChI is InChI=1S/C29H31FN2O3/c1-4-27(29(34)31-18-21-8-11-24(30)12-9-21)35-25-13-10-22-14-15-32(20(3)33)28(26(22)17-25)23-7-5-6-19(2)16-23/h5-13,16-17,27-28H,4,14-15,18H2,1-3H3,(H,31,34)/t27-,28-/m0/s1. The molecule has 1 aliphatic heterocycles. The summed E-state index contributed by atoms with van der Waals surface area (Å²) in [5.41, 5.74) is 5.21. The zero-order valence-corrected chi connectivity index (χ0v) is 20.4. The topological polar surface area (TPSA) is 58.6 Å². The number of amides is 2. The van der Waals surface area contributed by atoms with Crippen molar-refractivity contribution in [2.45, 2.75) is 52.3 Å². The van der Waals surface area contributed by atoms with Gasteiger partial charge < -0.3 is 15.0 Å². The van der Waals surface area contributed by atoms with Crippen molar-refractivity contribution < 1.29 is 18.7 Å². The van der Waals surface area contributed by atoms with E-state index in [0.29, 0.717) is 25.3 Å². The van der Waals surface area contributed by atoms with Crippen LogP contribution >= 0.6 is 0 Å². The van der Waals surface area contributed by atoms with E-state index in [9.17, 15) is 14.0 Å². The number of fused-ring (bicyclic) bond motifs is 1. The Morgan fingerprint density at radius 3 is 2.57 bits per heavy atom. The first-order valence-corrected chi connectivity index (χ1v) is 12.0. The Morgan fingerprint density at radius 2 is 1.89 bits per heavy atom. The number of nitrogens with one attached hydrogen (secondary N) is 1. The van der Waals surface area contributed by atoms with Crippen LogP contribution in [-0.4, -0.2) is 29.4 Å². The third-order valence-corrected chi connectivity index (χ3v) is 6.43. The number of benzene rings is 3. The second-order valence-electron chi connectivity index (χ2n) is 9.00. The average Bonchev–Trinajstić information content (AvgIpc) is 2.85. The number of nitrogens with zero attached hydrogens (tertiary/aromatic N) is 1. The van der Waals surface area contributed by atoms with E-state index >= 15 is 0 Å². The van der Waals surface area contributed by atoms with Crippen molar-refractivity contribution in [1.82, 2.24) is 10.2 Å². The molecule has 0 aliphatic carbocycles. The van der Waals surface area contributed by atoms with Crippen molar-refractivity contribution in [3.05, 3.63) is 100 Å². The molecule has 2 atom stereocenters. The molecule has 2 amide bonds. The van der Waals surface area contributed by atoms with Gasteiger partial charge in [-0.3, -0.25) is 9.59 Å². The van der Waals surface area contributed by atoms with Crippen LogP contribution in [0.1, 0.15) is 54.1 Å². The Labute approximate surface area is 205 Å². The van der Waals surface area contributed by atoms with Gasteiger partial charge in [-0.1, -0.05) is 55.0 Å². The molecule has 5 nitrogen and oxygen atoms in total. The van der Waals surface area contributed by atoms with Gasteiger partial charge >= 0.3 is 0 Å². The Hall–Kier alpha value is -3.67. The van der Waals surface area contributed by atoms with Crippen molar-refractivity contribution in [3.8, 4) is 5.75 Å². The number of carbonyl (C=O) groups excluding carboxylic acids is 2. The lowest BCUT2D eigenvalue weighted by atomic mass is 9.87. The average molecular weight is 475 g/mol. The molecule has 1 aliphatic rings. The molecule has 182 valence electrons. The van der Waals surface area contributed by atoms with Crippen molar-refractivity contribution in [1.29, 1.82) is 0 Å². The fourth-order valence-electron chi connectivity index (χ4n) is 4.60. The maximum atomic E-state index is 13.1. The summed E-state index contributed by atoms with van der Waals surface area (Å²) < 4.78 is 19.3. The quantitative estimate of drug-likeness (QED) is 0.518. The van der Waals surface area contributed by atoms with Gasteiger partial charge in [0.05, 0.1) is 6.04 Å². The summed E-state index contributed by atoms with van der Waals surface area (Å²) >= 11 is 0. The molecule has 0 saturated carbocycles. The van der Waals surface area contributed by atoms with Crippen molar-refractivity contribution in [2.75, 3.05) is 6.54 Å². The Bertz CT molecular complexity index is 1210. The van der Waals surface area contributed by atoms with Gasteiger partial charge in [-0.15, -0.1) is 0 Å². The van der Waals surface area contributed by atoms with E-state index in [0.717, 1.165) is 28.7 Å². The third-order valence-electron chi connectivity index (χ3n) is 6.43. The highest BCUT2D eigenvalue weighted by atomic mass is 19.1. The second kappa shape index (κ2) is 10.7. The second-order valence-corrected chi connectivity index (χ2v) is 9.00. The molecule has 4 rings (SSSR count). The number of hydrogen-bond donors (Lipinski definition) is 1. The van der Waals surface area contributed by atoms with E-state index in [1.807, 2.05) is 55.1 Å². The van der Waals surface area contributed by atoms with E-state index in [-0.39, 0.29) is 23.7 Å². The fraction of sp³-hybridized carbons (Fsp3) is 0.310. The van der Waals surface area contributed by atoms with Crippen LogP contribution < -0.4 is 10.1 Å². The molecule has 1 N–H and O–H groups in total. The number of halogens is 1. The highest BCUT2D eigenvalue weighted by Gasteiger charge is 2.31. The molecule has 35 heavy (non-hydrogen) atoms. The van der Waals surface area contributed by atoms with Crippen molar-refractivity contribution >= 4 is 11.8 Å². The van der Waals surface area contributed by atoms with Gasteiger partial charge in [-0.25, -0.2) is 4.39 Å². The summed E-state index contributed by atoms with van der Waals surface area (Å²) in [6.07, 6.45) is 0.596. The third kappa shape index (κ3) is 5.70. The zero-order valence-electron chi connectivity index (χ0n) is 20.4. The number of hydrogen-bond acceptors (Lipinski definition) is 3.